The molecule has 0 aliphatic heterocycles. The molecule has 0 saturated carbocycles. The molecule has 0 heterocycles. The zero-order valence-electron chi connectivity index (χ0n) is 11.2. The first kappa shape index (κ1) is 15.7. The van der Waals surface area contributed by atoms with Gasteiger partial charge in [-0.2, -0.15) is 0 Å². The molecular formula is C12H21N3O3S. The fourth-order valence-corrected chi connectivity index (χ4v) is 2.58. The van der Waals surface area contributed by atoms with E-state index in [1.54, 1.807) is 12.1 Å². The SMILES string of the molecule is CCC(CC)(CO)Nc1ccc(N)cc1S(N)(=O)=O. The van der Waals surface area contributed by atoms with E-state index in [9.17, 15) is 13.5 Å². The van der Waals surface area contributed by atoms with E-state index in [0.717, 1.165) is 0 Å². The van der Waals surface area contributed by atoms with Gasteiger partial charge in [0.2, 0.25) is 10.0 Å². The zero-order chi connectivity index (χ0) is 14.7. The molecule has 6 nitrogen and oxygen atoms in total. The van der Waals surface area contributed by atoms with Gasteiger partial charge in [0.05, 0.1) is 17.8 Å². The van der Waals surface area contributed by atoms with Gasteiger partial charge in [0.1, 0.15) is 4.90 Å². The first-order valence-corrected chi connectivity index (χ1v) is 7.64. The van der Waals surface area contributed by atoms with Crippen LogP contribution in [0.5, 0.6) is 0 Å². The van der Waals surface area contributed by atoms with Gasteiger partial charge in [-0.05, 0) is 31.0 Å². The van der Waals surface area contributed by atoms with Gasteiger partial charge in [-0.15, -0.1) is 0 Å². The average Bonchev–Trinajstić information content (AvgIpc) is 2.37. The monoisotopic (exact) mass is 287 g/mol. The van der Waals surface area contributed by atoms with Crippen molar-refractivity contribution in [2.45, 2.75) is 37.1 Å². The molecule has 0 unspecified atom stereocenters. The predicted octanol–water partition coefficient (Wildman–Crippen LogP) is 0.879. The molecule has 0 atom stereocenters. The molecule has 108 valence electrons. The number of aliphatic hydroxyl groups is 1. The Hall–Kier alpha value is -1.31. The number of primary sulfonamides is 1. The van der Waals surface area contributed by atoms with Crippen LogP contribution in [0.15, 0.2) is 23.1 Å². The second kappa shape index (κ2) is 5.77. The largest absolute Gasteiger partial charge is 0.399 e. The van der Waals surface area contributed by atoms with Gasteiger partial charge in [-0.1, -0.05) is 13.8 Å². The third-order valence-electron chi connectivity index (χ3n) is 3.37. The van der Waals surface area contributed by atoms with Crippen LogP contribution in [0, 0.1) is 0 Å². The molecule has 0 fully saturated rings. The Labute approximate surface area is 113 Å². The number of aliphatic hydroxyl groups excluding tert-OH is 1. The minimum Gasteiger partial charge on any atom is -0.399 e. The summed E-state index contributed by atoms with van der Waals surface area (Å²) in [5.74, 6) is 0. The molecule has 6 N–H and O–H groups in total. The molecule has 0 aromatic heterocycles. The van der Waals surface area contributed by atoms with E-state index in [-0.39, 0.29) is 11.5 Å². The number of hydrogen-bond donors (Lipinski definition) is 4. The second-order valence-electron chi connectivity index (χ2n) is 4.57. The maximum atomic E-state index is 11.6. The molecule has 0 bridgehead atoms. The van der Waals surface area contributed by atoms with Crippen LogP contribution in [-0.2, 0) is 10.0 Å². The van der Waals surface area contributed by atoms with Crippen LogP contribution in [0.1, 0.15) is 26.7 Å². The highest BCUT2D eigenvalue weighted by molar-refractivity contribution is 7.89. The van der Waals surface area contributed by atoms with Gasteiger partial charge >= 0.3 is 0 Å². The van der Waals surface area contributed by atoms with Gasteiger partial charge in [-0.3, -0.25) is 0 Å². The number of rotatable bonds is 6. The number of nitrogen functional groups attached to an aromatic ring is 1. The lowest BCUT2D eigenvalue weighted by Gasteiger charge is -2.32. The van der Waals surface area contributed by atoms with E-state index in [2.05, 4.69) is 5.32 Å². The molecule has 0 aliphatic rings. The maximum absolute atomic E-state index is 11.6. The van der Waals surface area contributed by atoms with Crippen LogP contribution in [-0.4, -0.2) is 25.7 Å². The Morgan fingerprint density at radius 1 is 1.32 bits per heavy atom. The van der Waals surface area contributed by atoms with E-state index in [4.69, 9.17) is 10.9 Å². The Morgan fingerprint density at radius 2 is 1.89 bits per heavy atom. The van der Waals surface area contributed by atoms with Gasteiger partial charge in [-0.25, -0.2) is 13.6 Å². The van der Waals surface area contributed by atoms with Crippen molar-refractivity contribution in [1.82, 2.24) is 0 Å². The second-order valence-corrected chi connectivity index (χ2v) is 6.10. The normalized spacial score (nSPS) is 12.4. The van der Waals surface area contributed by atoms with Crippen LogP contribution < -0.4 is 16.2 Å². The summed E-state index contributed by atoms with van der Waals surface area (Å²) in [6.45, 7) is 3.73. The lowest BCUT2D eigenvalue weighted by molar-refractivity contribution is 0.202. The first-order valence-electron chi connectivity index (χ1n) is 6.09. The fourth-order valence-electron chi connectivity index (χ4n) is 1.85. The van der Waals surface area contributed by atoms with Crippen LogP contribution in [0.3, 0.4) is 0 Å². The lowest BCUT2D eigenvalue weighted by Crippen LogP contribution is -2.41. The summed E-state index contributed by atoms with van der Waals surface area (Å²) < 4.78 is 23.2. The summed E-state index contributed by atoms with van der Waals surface area (Å²) in [4.78, 5) is -0.0628. The highest BCUT2D eigenvalue weighted by Gasteiger charge is 2.27. The third-order valence-corrected chi connectivity index (χ3v) is 4.32. The van der Waals surface area contributed by atoms with Crippen LogP contribution in [0.2, 0.25) is 0 Å². The molecule has 0 spiro atoms. The Balaban J connectivity index is 3.28. The maximum Gasteiger partial charge on any atom is 0.240 e. The van der Waals surface area contributed by atoms with Crippen LogP contribution in [0.25, 0.3) is 0 Å². The van der Waals surface area contributed by atoms with Crippen molar-refractivity contribution >= 4 is 21.4 Å². The number of hydrogen-bond acceptors (Lipinski definition) is 5. The van der Waals surface area contributed by atoms with Gasteiger partial charge < -0.3 is 16.2 Å². The molecule has 1 aromatic carbocycles. The number of nitrogens with two attached hydrogens (primary N) is 2. The number of benzene rings is 1. The predicted molar refractivity (Wildman–Crippen MR) is 76.2 cm³/mol. The standard InChI is InChI=1S/C12H21N3O3S/c1-3-12(4-2,8-16)15-10-6-5-9(13)7-11(10)19(14,17)18/h5-7,15-16H,3-4,8,13H2,1-2H3,(H2,14,17,18). The smallest absolute Gasteiger partial charge is 0.240 e. The minimum atomic E-state index is -3.88. The van der Waals surface area contributed by atoms with E-state index in [1.165, 1.54) is 6.07 Å². The highest BCUT2D eigenvalue weighted by atomic mass is 32.2. The quantitative estimate of drug-likeness (QED) is 0.579. The molecule has 0 amide bonds. The molecule has 7 heteroatoms. The summed E-state index contributed by atoms with van der Waals surface area (Å²) >= 11 is 0. The Kier molecular flexibility index (Phi) is 4.78. The van der Waals surface area contributed by atoms with Crippen molar-refractivity contribution in [3.8, 4) is 0 Å². The lowest BCUT2D eigenvalue weighted by atomic mass is 9.93. The first-order chi connectivity index (χ1) is 8.78. The van der Waals surface area contributed by atoms with Crippen LogP contribution >= 0.6 is 0 Å². The van der Waals surface area contributed by atoms with E-state index in [0.29, 0.717) is 24.2 Å². The summed E-state index contributed by atoms with van der Waals surface area (Å²) in [6, 6.07) is 4.46. The van der Waals surface area contributed by atoms with Crippen molar-refractivity contribution < 1.29 is 13.5 Å². The van der Waals surface area contributed by atoms with Crippen molar-refractivity contribution in [2.75, 3.05) is 17.7 Å². The average molecular weight is 287 g/mol. The zero-order valence-corrected chi connectivity index (χ0v) is 12.0. The Bertz CT molecular complexity index is 531. The Morgan fingerprint density at radius 3 is 2.32 bits per heavy atom. The number of sulfonamides is 1. The topological polar surface area (TPSA) is 118 Å². The molecule has 1 aromatic rings. The number of anilines is 2. The number of nitrogens with one attached hydrogen (secondary N) is 1. The summed E-state index contributed by atoms with van der Waals surface area (Å²) in [7, 11) is -3.88. The molecule has 0 saturated heterocycles. The molecule has 0 aliphatic carbocycles. The minimum absolute atomic E-state index is 0.0628. The van der Waals surface area contributed by atoms with E-state index >= 15 is 0 Å². The molecule has 0 radical (unpaired) electrons. The van der Waals surface area contributed by atoms with Gasteiger partial charge in [0.15, 0.2) is 0 Å². The van der Waals surface area contributed by atoms with Gasteiger partial charge in [0, 0.05) is 5.69 Å². The third kappa shape index (κ3) is 3.59. The van der Waals surface area contributed by atoms with Crippen molar-refractivity contribution in [2.24, 2.45) is 5.14 Å². The van der Waals surface area contributed by atoms with E-state index < -0.39 is 15.6 Å². The summed E-state index contributed by atoms with van der Waals surface area (Å²) in [5, 5.41) is 17.8. The molecule has 19 heavy (non-hydrogen) atoms. The highest BCUT2D eigenvalue weighted by Crippen LogP contribution is 2.28. The fraction of sp³-hybridized carbons (Fsp3) is 0.500. The van der Waals surface area contributed by atoms with Crippen molar-refractivity contribution in [1.29, 1.82) is 0 Å². The molecule has 1 rings (SSSR count). The summed E-state index contributed by atoms with van der Waals surface area (Å²) in [5.41, 5.74) is 5.69. The van der Waals surface area contributed by atoms with Crippen LogP contribution in [0.4, 0.5) is 11.4 Å². The molecular weight excluding hydrogens is 266 g/mol. The van der Waals surface area contributed by atoms with Crippen molar-refractivity contribution in [3.05, 3.63) is 18.2 Å². The van der Waals surface area contributed by atoms with E-state index in [1.807, 2.05) is 13.8 Å². The van der Waals surface area contributed by atoms with Gasteiger partial charge in [0.25, 0.3) is 0 Å². The van der Waals surface area contributed by atoms with Crippen molar-refractivity contribution in [3.63, 3.8) is 0 Å². The summed E-state index contributed by atoms with van der Waals surface area (Å²) in [6.07, 6.45) is 1.29.